The van der Waals surface area contributed by atoms with E-state index in [1.165, 1.54) is 0 Å². The summed E-state index contributed by atoms with van der Waals surface area (Å²) in [5, 5.41) is 5.95. The van der Waals surface area contributed by atoms with E-state index in [0.29, 0.717) is 16.0 Å². The minimum absolute atomic E-state index is 0. The van der Waals surface area contributed by atoms with Crippen LogP contribution in [0.3, 0.4) is 0 Å². The number of pyridine rings is 2. The summed E-state index contributed by atoms with van der Waals surface area (Å²) in [6.07, 6.45) is 7.16. The lowest BCUT2D eigenvalue weighted by Gasteiger charge is -2.17. The molecule has 9 nitrogen and oxygen atoms in total. The predicted octanol–water partition coefficient (Wildman–Crippen LogP) is 9.04. The van der Waals surface area contributed by atoms with Crippen LogP contribution in [0, 0.1) is 0 Å². The van der Waals surface area contributed by atoms with Crippen LogP contribution in [0.25, 0.3) is 33.3 Å². The van der Waals surface area contributed by atoms with Crippen LogP contribution in [0.2, 0.25) is 0 Å². The molecule has 0 unspecified atom stereocenters. The summed E-state index contributed by atoms with van der Waals surface area (Å²) in [6.45, 7) is 12.1. The molecule has 0 aromatic carbocycles. The number of aromatic nitrogens is 5. The van der Waals surface area contributed by atoms with Gasteiger partial charge in [0, 0.05) is 87.2 Å². The van der Waals surface area contributed by atoms with Gasteiger partial charge < -0.3 is 25.5 Å². The fourth-order valence-corrected chi connectivity index (χ4v) is 6.21. The summed E-state index contributed by atoms with van der Waals surface area (Å²) in [6, 6.07) is 3.96. The Balaban J connectivity index is 0.000000354. The molecule has 0 spiro atoms. The average Bonchev–Trinajstić information content (AvgIpc) is 3.73. The smallest absolute Gasteiger partial charge is 0.185 e. The Labute approximate surface area is 294 Å². The van der Waals surface area contributed by atoms with Gasteiger partial charge in [0.05, 0.1) is 11.0 Å². The van der Waals surface area contributed by atoms with Gasteiger partial charge in [0.1, 0.15) is 11.3 Å². The summed E-state index contributed by atoms with van der Waals surface area (Å²) in [7, 11) is 0. The molecule has 0 fully saturated rings. The first-order valence-electron chi connectivity index (χ1n) is 13.3. The van der Waals surface area contributed by atoms with Crippen molar-refractivity contribution < 1.29 is 4.79 Å². The molecule has 240 valence electrons. The minimum atomic E-state index is 0. The maximum absolute atomic E-state index is 11.5. The number of hydrogen-bond acceptors (Lipinski definition) is 7. The first-order valence-corrected chi connectivity index (χ1v) is 17.3. The molecular formula is C30H41Br3N8OS2. The molecule has 0 amide bonds. The van der Waals surface area contributed by atoms with E-state index >= 15 is 0 Å². The van der Waals surface area contributed by atoms with Gasteiger partial charge in [-0.15, -0.1) is 11.3 Å². The van der Waals surface area contributed by atoms with E-state index < -0.39 is 0 Å². The normalized spacial score (nSPS) is 10.1. The number of carbonyl (C=O) groups excluding carboxylic acids is 1. The highest BCUT2D eigenvalue weighted by molar-refractivity contribution is 9.10. The van der Waals surface area contributed by atoms with E-state index in [9.17, 15) is 4.79 Å². The zero-order valence-corrected chi connectivity index (χ0v) is 30.1. The molecule has 5 aromatic heterocycles. The number of thiocarbonyl (C=S) groups is 1. The zero-order chi connectivity index (χ0) is 30.8. The lowest BCUT2D eigenvalue weighted by atomic mass is 10.2. The number of H-pyrrole nitrogens is 2. The van der Waals surface area contributed by atoms with Crippen LogP contribution in [0.5, 0.6) is 0 Å². The first kappa shape index (κ1) is 39.6. The fraction of sp³-hybridized carbons (Fsp3) is 0.367. The van der Waals surface area contributed by atoms with Crippen molar-refractivity contribution >= 4 is 109 Å². The average molecular weight is 834 g/mol. The fourth-order valence-electron chi connectivity index (χ4n) is 4.03. The molecule has 5 aromatic rings. The van der Waals surface area contributed by atoms with Gasteiger partial charge in [-0.3, -0.25) is 4.79 Å². The number of aromatic amines is 2. The van der Waals surface area contributed by atoms with Crippen LogP contribution in [-0.4, -0.2) is 72.2 Å². The lowest BCUT2D eigenvalue weighted by molar-refractivity contribution is 0.102. The molecule has 0 saturated heterocycles. The molecule has 0 aliphatic rings. The Bertz CT molecular complexity index is 1630. The number of carbonyl (C=O) groups is 1. The van der Waals surface area contributed by atoms with Gasteiger partial charge in [-0.05, 0) is 83.9 Å². The van der Waals surface area contributed by atoms with Crippen LogP contribution in [0.4, 0.5) is 5.13 Å². The second-order valence-electron chi connectivity index (χ2n) is 8.76. The van der Waals surface area contributed by atoms with Crippen LogP contribution in [0.15, 0.2) is 51.2 Å². The van der Waals surface area contributed by atoms with Crippen LogP contribution in [-0.2, 0) is 0 Å². The number of halogens is 3. The molecule has 4 N–H and O–H groups in total. The van der Waals surface area contributed by atoms with Crippen molar-refractivity contribution in [3.63, 3.8) is 0 Å². The summed E-state index contributed by atoms with van der Waals surface area (Å²) < 4.78 is 1.85. The van der Waals surface area contributed by atoms with Gasteiger partial charge in [-0.1, -0.05) is 30.8 Å². The van der Waals surface area contributed by atoms with Crippen LogP contribution in [0.1, 0.15) is 52.9 Å². The van der Waals surface area contributed by atoms with Crippen molar-refractivity contribution in [1.82, 2.24) is 29.8 Å². The molecule has 14 heteroatoms. The third-order valence-corrected chi connectivity index (χ3v) is 8.83. The SMILES string of the molecule is C.C.CCN(CC)C(N)=S.CCN(CC)c1nc(-c2c[nH]c3ncc(Br)cc23)cs1.O=C(CBr)c1c[nH]c2ncc(Br)cc12. The van der Waals surface area contributed by atoms with Gasteiger partial charge in [0.2, 0.25) is 0 Å². The molecular weight excluding hydrogens is 792 g/mol. The number of anilines is 1. The molecule has 5 heterocycles. The Morgan fingerprint density at radius 1 is 0.932 bits per heavy atom. The number of nitrogens with two attached hydrogens (primary N) is 1. The summed E-state index contributed by atoms with van der Waals surface area (Å²) in [4.78, 5) is 35.1. The van der Waals surface area contributed by atoms with Gasteiger partial charge in [0.15, 0.2) is 16.0 Å². The number of thiazole rings is 1. The topological polar surface area (TPSA) is 120 Å². The summed E-state index contributed by atoms with van der Waals surface area (Å²) >= 11 is 16.3. The van der Waals surface area contributed by atoms with Gasteiger partial charge in [-0.25, -0.2) is 15.0 Å². The number of nitrogens with one attached hydrogen (secondary N) is 2. The number of hydrogen-bond donors (Lipinski definition) is 3. The van der Waals surface area contributed by atoms with Crippen molar-refractivity contribution in [1.29, 1.82) is 0 Å². The van der Waals surface area contributed by atoms with Gasteiger partial charge in [0.25, 0.3) is 0 Å². The zero-order valence-electron chi connectivity index (χ0n) is 23.7. The number of rotatable bonds is 8. The van der Waals surface area contributed by atoms with E-state index in [-0.39, 0.29) is 20.6 Å². The molecule has 0 saturated carbocycles. The van der Waals surface area contributed by atoms with E-state index in [1.807, 2.05) is 31.0 Å². The summed E-state index contributed by atoms with van der Waals surface area (Å²) in [5.41, 5.74) is 9.71. The third kappa shape index (κ3) is 10.1. The number of fused-ring (bicyclic) bond motifs is 2. The number of ketones is 1. The number of nitrogens with zero attached hydrogens (tertiary/aromatic N) is 5. The van der Waals surface area contributed by atoms with Gasteiger partial charge in [-0.2, -0.15) is 0 Å². The molecule has 0 aliphatic heterocycles. The monoisotopic (exact) mass is 830 g/mol. The minimum Gasteiger partial charge on any atom is -0.376 e. The molecule has 0 radical (unpaired) electrons. The Kier molecular flexibility index (Phi) is 17.3. The standard InChI is InChI=1S/C14H15BrN4S.C9H6Br2N2O.C5H12N2S.2CH4/c1-3-19(4-2)14-18-12(8-20-14)11-7-17-13-10(11)5-9(15)6-16-13;10-2-8(14)7-4-13-9-6(7)1-5(11)3-12-9;1-3-7(4-2)5(6)8;;/h5-8H,3-4H2,1-2H3,(H,16,17);1,3-4H,2H2,(H,12,13);3-4H2,1-2H3,(H2,6,8);2*1H4. The highest BCUT2D eigenvalue weighted by Gasteiger charge is 2.14. The number of Topliss-reactive ketones (excluding diaryl/α,β-unsaturated/α-hetero) is 1. The quantitative estimate of drug-likeness (QED) is 0.0806. The van der Waals surface area contributed by atoms with E-state index in [0.717, 1.165) is 73.6 Å². The summed E-state index contributed by atoms with van der Waals surface area (Å²) in [5.74, 6) is 0.0520. The van der Waals surface area contributed by atoms with Crippen LogP contribution < -0.4 is 10.6 Å². The highest BCUT2D eigenvalue weighted by atomic mass is 79.9. The van der Waals surface area contributed by atoms with Crippen molar-refractivity contribution in [2.24, 2.45) is 5.73 Å². The second kappa shape index (κ2) is 19.2. The van der Waals surface area contributed by atoms with E-state index in [4.69, 9.17) is 22.9 Å². The number of alkyl halides is 1. The Morgan fingerprint density at radius 3 is 1.98 bits per heavy atom. The molecule has 5 rings (SSSR count). The van der Waals surface area contributed by atoms with E-state index in [2.05, 4.69) is 97.9 Å². The molecule has 0 aliphatic carbocycles. The maximum atomic E-state index is 11.5. The highest BCUT2D eigenvalue weighted by Crippen LogP contribution is 2.32. The van der Waals surface area contributed by atoms with Crippen molar-refractivity contribution in [2.75, 3.05) is 36.4 Å². The molecule has 44 heavy (non-hydrogen) atoms. The lowest BCUT2D eigenvalue weighted by Crippen LogP contribution is -2.34. The van der Waals surface area contributed by atoms with Crippen molar-refractivity contribution in [3.8, 4) is 11.3 Å². The molecule has 0 atom stereocenters. The Morgan fingerprint density at radius 2 is 1.48 bits per heavy atom. The molecule has 0 bridgehead atoms. The van der Waals surface area contributed by atoms with Gasteiger partial charge >= 0.3 is 0 Å². The Hall–Kier alpha value is -2.39. The largest absolute Gasteiger partial charge is 0.376 e. The maximum Gasteiger partial charge on any atom is 0.185 e. The van der Waals surface area contributed by atoms with E-state index in [1.54, 1.807) is 29.9 Å². The van der Waals surface area contributed by atoms with Crippen molar-refractivity contribution in [3.05, 3.63) is 56.8 Å². The second-order valence-corrected chi connectivity index (χ2v) is 12.4. The van der Waals surface area contributed by atoms with Crippen LogP contribution >= 0.6 is 71.3 Å². The first-order chi connectivity index (χ1) is 20.2. The van der Waals surface area contributed by atoms with Crippen molar-refractivity contribution in [2.45, 2.75) is 42.5 Å². The third-order valence-electron chi connectivity index (χ3n) is 6.29. The predicted molar refractivity (Wildman–Crippen MR) is 204 cm³/mol.